The lowest BCUT2D eigenvalue weighted by atomic mass is 9.80. The first kappa shape index (κ1) is 13.1. The molecule has 2 rings (SSSR count). The molecule has 98 valence electrons. The zero-order valence-corrected chi connectivity index (χ0v) is 10.9. The predicted molar refractivity (Wildman–Crippen MR) is 74.2 cm³/mol. The van der Waals surface area contributed by atoms with Gasteiger partial charge in [-0.3, -0.25) is 4.79 Å². The van der Waals surface area contributed by atoms with Gasteiger partial charge in [-0.05, 0) is 42.7 Å². The zero-order valence-electron chi connectivity index (χ0n) is 10.9. The lowest BCUT2D eigenvalue weighted by Gasteiger charge is -2.23. The van der Waals surface area contributed by atoms with Gasteiger partial charge in [0.2, 0.25) is 0 Å². The largest absolute Gasteiger partial charge is 0.508 e. The van der Waals surface area contributed by atoms with Crippen LogP contribution in [-0.2, 0) is 10.2 Å². The molecule has 0 spiro atoms. The first-order valence-corrected chi connectivity index (χ1v) is 6.05. The third kappa shape index (κ3) is 2.45. The molecule has 3 nitrogen and oxygen atoms in total. The number of phenolic OH excluding ortho intramolecular Hbond substituents is 1. The van der Waals surface area contributed by atoms with E-state index in [1.54, 1.807) is 32.0 Å². The molecule has 2 aromatic carbocycles. The Morgan fingerprint density at radius 3 is 2.37 bits per heavy atom. The van der Waals surface area contributed by atoms with Crippen molar-refractivity contribution in [3.05, 3.63) is 54.1 Å². The summed E-state index contributed by atoms with van der Waals surface area (Å²) >= 11 is 0. The molecule has 19 heavy (non-hydrogen) atoms. The van der Waals surface area contributed by atoms with Gasteiger partial charge in [0, 0.05) is 0 Å². The van der Waals surface area contributed by atoms with Crippen molar-refractivity contribution in [2.75, 3.05) is 0 Å². The summed E-state index contributed by atoms with van der Waals surface area (Å²) in [6.07, 6.45) is 0. The maximum Gasteiger partial charge on any atom is 0.313 e. The Balaban J connectivity index is 2.63. The van der Waals surface area contributed by atoms with Gasteiger partial charge in [-0.2, -0.15) is 0 Å². The number of aliphatic carboxylic acids is 1. The van der Waals surface area contributed by atoms with Gasteiger partial charge in [0.1, 0.15) is 5.75 Å². The molecule has 0 aliphatic heterocycles. The molecule has 0 saturated heterocycles. The molecule has 2 aromatic rings. The highest BCUT2D eigenvalue weighted by Gasteiger charge is 2.31. The van der Waals surface area contributed by atoms with E-state index in [1.165, 1.54) is 0 Å². The van der Waals surface area contributed by atoms with E-state index in [4.69, 9.17) is 0 Å². The predicted octanol–water partition coefficient (Wildman–Crippen LogP) is 3.42. The van der Waals surface area contributed by atoms with Crippen LogP contribution < -0.4 is 0 Å². The molecule has 0 saturated carbocycles. The van der Waals surface area contributed by atoms with Crippen LogP contribution >= 0.6 is 0 Å². The van der Waals surface area contributed by atoms with Crippen LogP contribution in [0.25, 0.3) is 11.1 Å². The van der Waals surface area contributed by atoms with Crippen LogP contribution in [-0.4, -0.2) is 16.2 Å². The topological polar surface area (TPSA) is 57.5 Å². The van der Waals surface area contributed by atoms with Gasteiger partial charge < -0.3 is 10.2 Å². The van der Waals surface area contributed by atoms with Gasteiger partial charge in [-0.25, -0.2) is 0 Å². The number of carboxylic acids is 1. The lowest BCUT2D eigenvalue weighted by molar-refractivity contribution is -0.142. The second kappa shape index (κ2) is 4.76. The van der Waals surface area contributed by atoms with E-state index in [9.17, 15) is 15.0 Å². The Kier molecular flexibility index (Phi) is 3.30. The summed E-state index contributed by atoms with van der Waals surface area (Å²) in [4.78, 5) is 11.4. The minimum absolute atomic E-state index is 0.167. The molecular weight excluding hydrogens is 240 g/mol. The normalized spacial score (nSPS) is 11.3. The Bertz CT molecular complexity index is 615. The van der Waals surface area contributed by atoms with E-state index in [-0.39, 0.29) is 5.75 Å². The second-order valence-electron chi connectivity index (χ2n) is 5.03. The number of rotatable bonds is 3. The van der Waals surface area contributed by atoms with Gasteiger partial charge in [-0.15, -0.1) is 0 Å². The number of phenols is 1. The third-order valence-electron chi connectivity index (χ3n) is 3.29. The smallest absolute Gasteiger partial charge is 0.313 e. The molecule has 3 heteroatoms. The quantitative estimate of drug-likeness (QED) is 0.884. The standard InChI is InChI=1S/C16H16O3/c1-16(2,15(18)19)14-9-4-3-8-13(14)11-6-5-7-12(17)10-11/h3-10,17H,1-2H3,(H,18,19). The van der Waals surface area contributed by atoms with Gasteiger partial charge in [0.25, 0.3) is 0 Å². The summed E-state index contributed by atoms with van der Waals surface area (Å²) in [5, 5.41) is 18.9. The molecule has 0 amide bonds. The van der Waals surface area contributed by atoms with Gasteiger partial charge in [-0.1, -0.05) is 36.4 Å². The molecule has 0 unspecified atom stereocenters. The maximum absolute atomic E-state index is 11.4. The van der Waals surface area contributed by atoms with E-state index >= 15 is 0 Å². The van der Waals surface area contributed by atoms with Gasteiger partial charge >= 0.3 is 5.97 Å². The van der Waals surface area contributed by atoms with Crippen LogP contribution in [0.15, 0.2) is 48.5 Å². The Labute approximate surface area is 112 Å². The monoisotopic (exact) mass is 256 g/mol. The highest BCUT2D eigenvalue weighted by molar-refractivity contribution is 5.84. The van der Waals surface area contributed by atoms with E-state index < -0.39 is 11.4 Å². The molecule has 0 radical (unpaired) electrons. The first-order valence-electron chi connectivity index (χ1n) is 6.05. The zero-order chi connectivity index (χ0) is 14.0. The second-order valence-corrected chi connectivity index (χ2v) is 5.03. The Morgan fingerprint density at radius 2 is 1.74 bits per heavy atom. The van der Waals surface area contributed by atoms with E-state index in [0.29, 0.717) is 0 Å². The Morgan fingerprint density at radius 1 is 1.05 bits per heavy atom. The molecule has 0 aliphatic rings. The molecule has 0 atom stereocenters. The molecule has 0 heterocycles. The molecular formula is C16H16O3. The summed E-state index contributed by atoms with van der Waals surface area (Å²) in [6, 6.07) is 14.2. The van der Waals surface area contributed by atoms with Crippen molar-refractivity contribution in [1.82, 2.24) is 0 Å². The number of hydrogen-bond donors (Lipinski definition) is 2. The summed E-state index contributed by atoms with van der Waals surface area (Å²) in [5.41, 5.74) is 1.38. The van der Waals surface area contributed by atoms with E-state index in [1.807, 2.05) is 30.3 Å². The number of carboxylic acid groups (broad SMARTS) is 1. The molecule has 0 bridgehead atoms. The highest BCUT2D eigenvalue weighted by atomic mass is 16.4. The minimum atomic E-state index is -0.984. The fourth-order valence-corrected chi connectivity index (χ4v) is 2.07. The number of hydrogen-bond acceptors (Lipinski definition) is 2. The maximum atomic E-state index is 11.4. The first-order chi connectivity index (χ1) is 8.93. The summed E-state index contributed by atoms with van der Waals surface area (Å²) in [5.74, 6) is -0.708. The van der Waals surface area contributed by atoms with Crippen molar-refractivity contribution in [3.8, 4) is 16.9 Å². The minimum Gasteiger partial charge on any atom is -0.508 e. The van der Waals surface area contributed by atoms with Crippen LogP contribution in [0.3, 0.4) is 0 Å². The van der Waals surface area contributed by atoms with Crippen LogP contribution in [0.5, 0.6) is 5.75 Å². The van der Waals surface area contributed by atoms with Crippen molar-refractivity contribution in [3.63, 3.8) is 0 Å². The SMILES string of the molecule is CC(C)(C(=O)O)c1ccccc1-c1cccc(O)c1. The van der Waals surface area contributed by atoms with Gasteiger partial charge in [0.15, 0.2) is 0 Å². The Hall–Kier alpha value is -2.29. The molecule has 2 N–H and O–H groups in total. The number of benzene rings is 2. The van der Waals surface area contributed by atoms with Crippen molar-refractivity contribution < 1.29 is 15.0 Å². The average Bonchev–Trinajstić information content (AvgIpc) is 2.38. The molecule has 0 fully saturated rings. The van der Waals surface area contributed by atoms with Crippen molar-refractivity contribution in [2.45, 2.75) is 19.3 Å². The van der Waals surface area contributed by atoms with Crippen LogP contribution in [0, 0.1) is 0 Å². The van der Waals surface area contributed by atoms with Crippen LogP contribution in [0.1, 0.15) is 19.4 Å². The molecule has 0 aromatic heterocycles. The van der Waals surface area contributed by atoms with Crippen molar-refractivity contribution in [1.29, 1.82) is 0 Å². The fraction of sp³-hybridized carbons (Fsp3) is 0.188. The lowest BCUT2D eigenvalue weighted by Crippen LogP contribution is -2.29. The van der Waals surface area contributed by atoms with E-state index in [2.05, 4.69) is 0 Å². The third-order valence-corrected chi connectivity index (χ3v) is 3.29. The summed E-state index contributed by atoms with van der Waals surface area (Å²) < 4.78 is 0. The highest BCUT2D eigenvalue weighted by Crippen LogP contribution is 2.34. The van der Waals surface area contributed by atoms with E-state index in [0.717, 1.165) is 16.7 Å². The van der Waals surface area contributed by atoms with Crippen LogP contribution in [0.4, 0.5) is 0 Å². The fourth-order valence-electron chi connectivity index (χ4n) is 2.07. The molecule has 0 aliphatic carbocycles. The number of carbonyl (C=O) groups is 1. The van der Waals surface area contributed by atoms with Crippen molar-refractivity contribution in [2.24, 2.45) is 0 Å². The van der Waals surface area contributed by atoms with Crippen molar-refractivity contribution >= 4 is 5.97 Å². The van der Waals surface area contributed by atoms with Gasteiger partial charge in [0.05, 0.1) is 5.41 Å². The van der Waals surface area contributed by atoms with Crippen LogP contribution in [0.2, 0.25) is 0 Å². The summed E-state index contributed by atoms with van der Waals surface area (Å²) in [7, 11) is 0. The summed E-state index contributed by atoms with van der Waals surface area (Å²) in [6.45, 7) is 3.36. The average molecular weight is 256 g/mol. The number of aromatic hydroxyl groups is 1.